The maximum Gasteiger partial charge on any atom is 0.328 e. The zero-order valence-electron chi connectivity index (χ0n) is 14.1. The fourth-order valence-corrected chi connectivity index (χ4v) is 2.84. The van der Waals surface area contributed by atoms with Crippen molar-refractivity contribution in [1.29, 1.82) is 0 Å². The van der Waals surface area contributed by atoms with Gasteiger partial charge in [-0.15, -0.1) is 0 Å². The third-order valence-electron chi connectivity index (χ3n) is 3.39. The Balaban J connectivity index is 2.20. The lowest BCUT2D eigenvalue weighted by atomic mass is 10.2. The van der Waals surface area contributed by atoms with Gasteiger partial charge in [-0.1, -0.05) is 6.92 Å². The summed E-state index contributed by atoms with van der Waals surface area (Å²) in [5, 5.41) is 11.0. The van der Waals surface area contributed by atoms with Gasteiger partial charge in [0.25, 0.3) is 0 Å². The fourth-order valence-electron chi connectivity index (χ4n) is 2.02. The average Bonchev–Trinajstić information content (AvgIpc) is 2.61. The first-order chi connectivity index (χ1) is 12.2. The number of methoxy groups -OCH3 is 1. The molecule has 0 radical (unpaired) electrons. The van der Waals surface area contributed by atoms with Crippen LogP contribution in [-0.4, -0.2) is 37.5 Å². The van der Waals surface area contributed by atoms with Crippen LogP contribution in [0.1, 0.15) is 13.3 Å². The summed E-state index contributed by atoms with van der Waals surface area (Å²) < 4.78 is 27.9. The maximum atomic E-state index is 11.7. The third kappa shape index (κ3) is 5.13. The predicted octanol–water partition coefficient (Wildman–Crippen LogP) is 1.99. The molecule has 1 atom stereocenters. The lowest BCUT2D eigenvalue weighted by molar-refractivity contribution is -0.141. The van der Waals surface area contributed by atoms with Crippen LogP contribution in [0.3, 0.4) is 0 Å². The number of anilines is 3. The summed E-state index contributed by atoms with van der Waals surface area (Å²) in [6, 6.07) is 5.29. The van der Waals surface area contributed by atoms with Crippen LogP contribution in [0.4, 0.5) is 17.5 Å². The van der Waals surface area contributed by atoms with Gasteiger partial charge >= 0.3 is 5.97 Å². The molecule has 0 bridgehead atoms. The molecule has 0 spiro atoms. The van der Waals surface area contributed by atoms with E-state index in [2.05, 4.69) is 36.5 Å². The highest BCUT2D eigenvalue weighted by Gasteiger charge is 2.19. The smallest absolute Gasteiger partial charge is 0.328 e. The van der Waals surface area contributed by atoms with Crippen molar-refractivity contribution in [2.75, 3.05) is 17.7 Å². The van der Waals surface area contributed by atoms with Crippen molar-refractivity contribution in [2.24, 2.45) is 5.14 Å². The molecule has 11 heteroatoms. The summed E-state index contributed by atoms with van der Waals surface area (Å²) in [4.78, 5) is 20.2. The Morgan fingerprint density at radius 2 is 2.00 bits per heavy atom. The molecule has 1 unspecified atom stereocenters. The lowest BCUT2D eigenvalue weighted by Gasteiger charge is -2.16. The van der Waals surface area contributed by atoms with Crippen molar-refractivity contribution in [2.45, 2.75) is 24.3 Å². The van der Waals surface area contributed by atoms with Crippen LogP contribution in [0.2, 0.25) is 0 Å². The first-order valence-electron chi connectivity index (χ1n) is 7.51. The quantitative estimate of drug-likeness (QED) is 0.552. The topological polar surface area (TPSA) is 136 Å². The van der Waals surface area contributed by atoms with Gasteiger partial charge in [-0.2, -0.15) is 4.98 Å². The molecule has 0 saturated carbocycles. The largest absolute Gasteiger partial charge is 0.467 e. The van der Waals surface area contributed by atoms with E-state index in [1.54, 1.807) is 12.1 Å². The molecule has 140 valence electrons. The molecule has 2 rings (SSSR count). The Labute approximate surface area is 159 Å². The molecule has 0 saturated heterocycles. The van der Waals surface area contributed by atoms with E-state index in [0.29, 0.717) is 22.4 Å². The minimum Gasteiger partial charge on any atom is -0.467 e. The summed E-state index contributed by atoms with van der Waals surface area (Å²) in [5.74, 6) is 0.283. The lowest BCUT2D eigenvalue weighted by Crippen LogP contribution is -2.30. The van der Waals surface area contributed by atoms with Crippen LogP contribution in [0, 0.1) is 0 Å². The molecule has 9 nitrogen and oxygen atoms in total. The first-order valence-corrected chi connectivity index (χ1v) is 9.85. The van der Waals surface area contributed by atoms with Gasteiger partial charge in [0.2, 0.25) is 16.0 Å². The number of sulfonamides is 1. The minimum atomic E-state index is -3.75. The SMILES string of the molecule is CCC(Nc1nc(Nc2ccc(S(N)(=O)=O)cc2)ncc1Br)C(=O)OC. The van der Waals surface area contributed by atoms with E-state index in [4.69, 9.17) is 9.88 Å². The van der Waals surface area contributed by atoms with E-state index >= 15 is 0 Å². The normalized spacial score (nSPS) is 12.3. The number of primary sulfonamides is 1. The van der Waals surface area contributed by atoms with E-state index in [1.807, 2.05) is 6.92 Å². The van der Waals surface area contributed by atoms with Crippen molar-refractivity contribution in [1.82, 2.24) is 9.97 Å². The minimum absolute atomic E-state index is 0.00555. The molecule has 0 aliphatic heterocycles. The second kappa shape index (κ2) is 8.43. The van der Waals surface area contributed by atoms with Crippen LogP contribution >= 0.6 is 15.9 Å². The molecular weight excluding hydrogens is 426 g/mol. The van der Waals surface area contributed by atoms with Crippen molar-refractivity contribution in [3.63, 3.8) is 0 Å². The van der Waals surface area contributed by atoms with E-state index in [9.17, 15) is 13.2 Å². The van der Waals surface area contributed by atoms with Gasteiger partial charge in [0, 0.05) is 11.9 Å². The summed E-state index contributed by atoms with van der Waals surface area (Å²) >= 11 is 3.33. The average molecular weight is 444 g/mol. The van der Waals surface area contributed by atoms with Gasteiger partial charge in [-0.05, 0) is 46.6 Å². The molecule has 2 aromatic rings. The molecule has 26 heavy (non-hydrogen) atoms. The van der Waals surface area contributed by atoms with Crippen molar-refractivity contribution >= 4 is 49.4 Å². The van der Waals surface area contributed by atoms with Gasteiger partial charge in [0.1, 0.15) is 11.9 Å². The van der Waals surface area contributed by atoms with Gasteiger partial charge in [-0.3, -0.25) is 0 Å². The zero-order chi connectivity index (χ0) is 19.3. The monoisotopic (exact) mass is 443 g/mol. The Kier molecular flexibility index (Phi) is 6.51. The second-order valence-electron chi connectivity index (χ2n) is 5.21. The first kappa shape index (κ1) is 20.1. The molecule has 1 aromatic heterocycles. The molecule has 1 heterocycles. The zero-order valence-corrected chi connectivity index (χ0v) is 16.5. The number of halogens is 1. The summed E-state index contributed by atoms with van der Waals surface area (Å²) in [6.07, 6.45) is 2.04. The fraction of sp³-hybridized carbons (Fsp3) is 0.267. The standard InChI is InChI=1S/C15H18BrN5O4S/c1-3-12(14(22)25-2)20-13-11(16)8-18-15(21-13)19-9-4-6-10(7-5-9)26(17,23)24/h4-8,12H,3H2,1-2H3,(H2,17,23,24)(H2,18,19,20,21). The van der Waals surface area contributed by atoms with Crippen LogP contribution in [-0.2, 0) is 19.6 Å². The number of nitrogens with two attached hydrogens (primary N) is 1. The number of nitrogens with one attached hydrogen (secondary N) is 2. The molecule has 0 aliphatic carbocycles. The van der Waals surface area contributed by atoms with Crippen LogP contribution in [0.5, 0.6) is 0 Å². The number of benzene rings is 1. The van der Waals surface area contributed by atoms with Crippen LogP contribution in [0.25, 0.3) is 0 Å². The maximum absolute atomic E-state index is 11.7. The van der Waals surface area contributed by atoms with Crippen molar-refractivity contribution in [3.8, 4) is 0 Å². The van der Waals surface area contributed by atoms with Gasteiger partial charge in [-0.25, -0.2) is 23.3 Å². The van der Waals surface area contributed by atoms with Gasteiger partial charge < -0.3 is 15.4 Å². The number of carbonyl (C=O) groups excluding carboxylic acids is 1. The predicted molar refractivity (Wildman–Crippen MR) is 101 cm³/mol. The van der Waals surface area contributed by atoms with Crippen LogP contribution < -0.4 is 15.8 Å². The van der Waals surface area contributed by atoms with Gasteiger partial charge in [0.05, 0.1) is 16.5 Å². The number of rotatable bonds is 7. The van der Waals surface area contributed by atoms with E-state index < -0.39 is 22.0 Å². The van der Waals surface area contributed by atoms with E-state index in [1.165, 1.54) is 25.4 Å². The molecule has 0 fully saturated rings. The summed E-state index contributed by atoms with van der Waals surface area (Å²) in [7, 11) is -2.43. The number of ether oxygens (including phenoxy) is 1. The molecule has 0 amide bonds. The van der Waals surface area contributed by atoms with Crippen molar-refractivity contribution < 1.29 is 17.9 Å². The number of hydrogen-bond acceptors (Lipinski definition) is 8. The summed E-state index contributed by atoms with van der Waals surface area (Å²) in [5.41, 5.74) is 0.575. The Hall–Kier alpha value is -2.24. The second-order valence-corrected chi connectivity index (χ2v) is 7.63. The molecular formula is C15H18BrN5O4S. The number of esters is 1. The highest BCUT2D eigenvalue weighted by Crippen LogP contribution is 2.23. The van der Waals surface area contributed by atoms with Crippen LogP contribution in [0.15, 0.2) is 39.8 Å². The third-order valence-corrected chi connectivity index (χ3v) is 4.90. The summed E-state index contributed by atoms with van der Waals surface area (Å²) in [6.45, 7) is 1.84. The van der Waals surface area contributed by atoms with E-state index in [0.717, 1.165) is 0 Å². The number of aromatic nitrogens is 2. The molecule has 0 aliphatic rings. The van der Waals surface area contributed by atoms with Gasteiger partial charge in [0.15, 0.2) is 0 Å². The highest BCUT2D eigenvalue weighted by atomic mass is 79.9. The Morgan fingerprint density at radius 1 is 1.35 bits per heavy atom. The Bertz CT molecular complexity index is 889. The molecule has 4 N–H and O–H groups in total. The Morgan fingerprint density at radius 3 is 2.54 bits per heavy atom. The number of hydrogen-bond donors (Lipinski definition) is 3. The molecule has 1 aromatic carbocycles. The number of carbonyl (C=O) groups is 1. The number of nitrogens with zero attached hydrogens (tertiary/aromatic N) is 2. The highest BCUT2D eigenvalue weighted by molar-refractivity contribution is 9.10. The van der Waals surface area contributed by atoms with E-state index in [-0.39, 0.29) is 10.8 Å². The van der Waals surface area contributed by atoms with Crippen molar-refractivity contribution in [3.05, 3.63) is 34.9 Å².